The smallest absolute Gasteiger partial charge is 0.0406 e. The second-order valence-electron chi connectivity index (χ2n) is 4.87. The minimum absolute atomic E-state index is 0. The molecule has 2 aromatic carbocycles. The maximum atomic E-state index is 5.90. The molecule has 1 saturated carbocycles. The van der Waals surface area contributed by atoms with Crippen molar-refractivity contribution in [1.29, 1.82) is 0 Å². The van der Waals surface area contributed by atoms with E-state index in [0.29, 0.717) is 12.0 Å². The fourth-order valence-electron chi connectivity index (χ4n) is 2.45. The molecule has 19 heavy (non-hydrogen) atoms. The average molecular weight is 294 g/mol. The number of nitrogens with one attached hydrogen (secondary N) is 1. The van der Waals surface area contributed by atoms with Gasteiger partial charge in [0.15, 0.2) is 0 Å². The zero-order valence-electron chi connectivity index (χ0n) is 10.8. The second kappa shape index (κ2) is 5.96. The third-order valence-corrected chi connectivity index (χ3v) is 3.93. The summed E-state index contributed by atoms with van der Waals surface area (Å²) in [4.78, 5) is 0. The fraction of sp³-hybridized carbons (Fsp3) is 0.250. The van der Waals surface area contributed by atoms with Crippen molar-refractivity contribution in [2.45, 2.75) is 18.4 Å². The van der Waals surface area contributed by atoms with Gasteiger partial charge >= 0.3 is 0 Å². The van der Waals surface area contributed by atoms with Crippen LogP contribution in [0.1, 0.15) is 17.9 Å². The highest BCUT2D eigenvalue weighted by Gasteiger charge is 2.36. The molecule has 0 spiro atoms. The molecule has 0 unspecified atom stereocenters. The van der Waals surface area contributed by atoms with Crippen LogP contribution in [0.3, 0.4) is 0 Å². The van der Waals surface area contributed by atoms with Crippen molar-refractivity contribution in [2.75, 3.05) is 7.05 Å². The highest BCUT2D eigenvalue weighted by atomic mass is 35.5. The van der Waals surface area contributed by atoms with Gasteiger partial charge in [0.2, 0.25) is 0 Å². The van der Waals surface area contributed by atoms with E-state index in [9.17, 15) is 0 Å². The van der Waals surface area contributed by atoms with E-state index >= 15 is 0 Å². The number of halogens is 2. The van der Waals surface area contributed by atoms with E-state index in [2.05, 4.69) is 41.7 Å². The predicted octanol–water partition coefficient (Wildman–Crippen LogP) is 4.50. The van der Waals surface area contributed by atoms with Gasteiger partial charge in [0.05, 0.1) is 0 Å². The Kier molecular flexibility index (Phi) is 4.51. The molecule has 0 saturated heterocycles. The first kappa shape index (κ1) is 14.4. The Bertz CT molecular complexity index is 534. The molecule has 3 rings (SSSR count). The van der Waals surface area contributed by atoms with Crippen molar-refractivity contribution in [1.82, 2.24) is 5.32 Å². The Morgan fingerprint density at radius 2 is 1.47 bits per heavy atom. The minimum Gasteiger partial charge on any atom is -0.316 e. The SMILES string of the molecule is CN[C@@H]1C[C@H]1c1ccc(-c2ccc(Cl)cc2)cc1.Cl. The van der Waals surface area contributed by atoms with Gasteiger partial charge < -0.3 is 5.32 Å². The molecule has 3 heteroatoms. The molecule has 0 aliphatic heterocycles. The first-order valence-electron chi connectivity index (χ1n) is 6.31. The molecule has 0 amide bonds. The molecule has 1 aliphatic rings. The summed E-state index contributed by atoms with van der Waals surface area (Å²) in [5.41, 5.74) is 3.90. The number of hydrogen-bond donors (Lipinski definition) is 1. The van der Waals surface area contributed by atoms with Crippen molar-refractivity contribution in [3.63, 3.8) is 0 Å². The van der Waals surface area contributed by atoms with Gasteiger partial charge in [-0.2, -0.15) is 0 Å². The summed E-state index contributed by atoms with van der Waals surface area (Å²) in [6, 6.07) is 17.5. The molecule has 2 atom stereocenters. The number of rotatable bonds is 3. The molecule has 2 aromatic rings. The number of likely N-dealkylation sites (N-methyl/N-ethyl adjacent to an activating group) is 1. The van der Waals surface area contributed by atoms with E-state index < -0.39 is 0 Å². The lowest BCUT2D eigenvalue weighted by molar-refractivity contribution is 0.784. The number of benzene rings is 2. The molecule has 1 N–H and O–H groups in total. The van der Waals surface area contributed by atoms with Crippen LogP contribution >= 0.6 is 24.0 Å². The van der Waals surface area contributed by atoms with Gasteiger partial charge in [0, 0.05) is 17.0 Å². The van der Waals surface area contributed by atoms with Gasteiger partial charge in [0.1, 0.15) is 0 Å². The third kappa shape index (κ3) is 3.11. The fourth-order valence-corrected chi connectivity index (χ4v) is 2.57. The summed E-state index contributed by atoms with van der Waals surface area (Å²) in [6.45, 7) is 0. The third-order valence-electron chi connectivity index (χ3n) is 3.68. The summed E-state index contributed by atoms with van der Waals surface area (Å²) < 4.78 is 0. The predicted molar refractivity (Wildman–Crippen MR) is 84.3 cm³/mol. The molecule has 100 valence electrons. The topological polar surface area (TPSA) is 12.0 Å². The minimum atomic E-state index is 0. The Balaban J connectivity index is 0.00000133. The first-order chi connectivity index (χ1) is 8.78. The van der Waals surface area contributed by atoms with Crippen LogP contribution in [-0.4, -0.2) is 13.1 Å². The average Bonchev–Trinajstić information content (AvgIpc) is 3.19. The van der Waals surface area contributed by atoms with E-state index in [-0.39, 0.29) is 12.4 Å². The van der Waals surface area contributed by atoms with Crippen LogP contribution in [0.4, 0.5) is 0 Å². The van der Waals surface area contributed by atoms with Crippen molar-refractivity contribution in [3.8, 4) is 11.1 Å². The zero-order chi connectivity index (χ0) is 12.5. The molecule has 0 bridgehead atoms. The Morgan fingerprint density at radius 3 is 1.95 bits per heavy atom. The van der Waals surface area contributed by atoms with Crippen LogP contribution in [0.5, 0.6) is 0 Å². The molecule has 1 aliphatic carbocycles. The van der Waals surface area contributed by atoms with Crippen molar-refractivity contribution in [3.05, 3.63) is 59.1 Å². The molecule has 1 fully saturated rings. The summed E-state index contributed by atoms with van der Waals surface area (Å²) in [6.07, 6.45) is 1.26. The van der Waals surface area contributed by atoms with Crippen LogP contribution in [0, 0.1) is 0 Å². The Hall–Kier alpha value is -1.02. The lowest BCUT2D eigenvalue weighted by Gasteiger charge is -2.04. The molecule has 0 aromatic heterocycles. The monoisotopic (exact) mass is 293 g/mol. The molecule has 1 nitrogen and oxygen atoms in total. The zero-order valence-corrected chi connectivity index (χ0v) is 12.3. The first-order valence-corrected chi connectivity index (χ1v) is 6.69. The van der Waals surface area contributed by atoms with Crippen LogP contribution in [0.15, 0.2) is 48.5 Å². The highest BCUT2D eigenvalue weighted by Crippen LogP contribution is 2.40. The van der Waals surface area contributed by atoms with Crippen molar-refractivity contribution >= 4 is 24.0 Å². The summed E-state index contributed by atoms with van der Waals surface area (Å²) in [5.74, 6) is 0.703. The van der Waals surface area contributed by atoms with Gasteiger partial charge in [-0.3, -0.25) is 0 Å². The quantitative estimate of drug-likeness (QED) is 0.878. The Labute approximate surface area is 125 Å². The van der Waals surface area contributed by atoms with Gasteiger partial charge in [-0.15, -0.1) is 12.4 Å². The van der Waals surface area contributed by atoms with E-state index in [1.807, 2.05) is 19.2 Å². The molecular formula is C16H17Cl2N. The van der Waals surface area contributed by atoms with E-state index in [1.54, 1.807) is 0 Å². The maximum Gasteiger partial charge on any atom is 0.0406 e. The van der Waals surface area contributed by atoms with E-state index in [4.69, 9.17) is 11.6 Å². The van der Waals surface area contributed by atoms with Gasteiger partial charge in [-0.1, -0.05) is 48.0 Å². The maximum absolute atomic E-state index is 5.90. The van der Waals surface area contributed by atoms with Crippen LogP contribution in [0.2, 0.25) is 5.02 Å². The lowest BCUT2D eigenvalue weighted by atomic mass is 10.0. The van der Waals surface area contributed by atoms with Crippen molar-refractivity contribution < 1.29 is 0 Å². The van der Waals surface area contributed by atoms with Crippen LogP contribution in [0.25, 0.3) is 11.1 Å². The van der Waals surface area contributed by atoms with E-state index in [1.165, 1.54) is 23.1 Å². The summed E-state index contributed by atoms with van der Waals surface area (Å²) in [5, 5.41) is 4.11. The molecular weight excluding hydrogens is 277 g/mol. The standard InChI is InChI=1S/C16H16ClN.ClH/c1-18-16-10-15(16)13-4-2-11(3-5-13)12-6-8-14(17)9-7-12;/h2-9,15-16,18H,10H2,1H3;1H/t15-,16+;/m0./s1. The lowest BCUT2D eigenvalue weighted by Crippen LogP contribution is -2.10. The number of hydrogen-bond acceptors (Lipinski definition) is 1. The Morgan fingerprint density at radius 1 is 0.947 bits per heavy atom. The van der Waals surface area contributed by atoms with Crippen LogP contribution < -0.4 is 5.32 Å². The highest BCUT2D eigenvalue weighted by molar-refractivity contribution is 6.30. The van der Waals surface area contributed by atoms with Crippen molar-refractivity contribution in [2.24, 2.45) is 0 Å². The van der Waals surface area contributed by atoms with E-state index in [0.717, 1.165) is 5.02 Å². The van der Waals surface area contributed by atoms with Gasteiger partial charge in [0.25, 0.3) is 0 Å². The molecule has 0 heterocycles. The normalized spacial score (nSPS) is 20.7. The summed E-state index contributed by atoms with van der Waals surface area (Å²) in [7, 11) is 2.03. The molecule has 0 radical (unpaired) electrons. The second-order valence-corrected chi connectivity index (χ2v) is 5.30. The summed E-state index contributed by atoms with van der Waals surface area (Å²) >= 11 is 5.90. The van der Waals surface area contributed by atoms with Gasteiger partial charge in [-0.05, 0) is 42.3 Å². The van der Waals surface area contributed by atoms with Gasteiger partial charge in [-0.25, -0.2) is 0 Å². The van der Waals surface area contributed by atoms with Crippen LogP contribution in [-0.2, 0) is 0 Å². The largest absolute Gasteiger partial charge is 0.316 e.